The Labute approximate surface area is 137 Å². The van der Waals surface area contributed by atoms with Crippen LogP contribution in [0.3, 0.4) is 0 Å². The predicted molar refractivity (Wildman–Crippen MR) is 81.8 cm³/mol. The van der Waals surface area contributed by atoms with Crippen molar-refractivity contribution in [3.63, 3.8) is 0 Å². The summed E-state index contributed by atoms with van der Waals surface area (Å²) in [6.07, 6.45) is 1.42. The number of halogens is 1. The number of aryl methyl sites for hydroxylation is 1. The Kier molecular flexibility index (Phi) is 4.28. The van der Waals surface area contributed by atoms with Crippen molar-refractivity contribution in [1.82, 2.24) is 15.0 Å². The summed E-state index contributed by atoms with van der Waals surface area (Å²) in [6, 6.07) is 5.83. The molecule has 3 rings (SSSR count). The van der Waals surface area contributed by atoms with Crippen LogP contribution in [-0.2, 0) is 0 Å². The van der Waals surface area contributed by atoms with Crippen molar-refractivity contribution in [3.8, 4) is 34.8 Å². The van der Waals surface area contributed by atoms with Crippen LogP contribution in [0.4, 0.5) is 4.39 Å². The van der Waals surface area contributed by atoms with Crippen molar-refractivity contribution in [3.05, 3.63) is 42.2 Å². The van der Waals surface area contributed by atoms with Gasteiger partial charge in [-0.1, -0.05) is 6.07 Å². The summed E-state index contributed by atoms with van der Waals surface area (Å²) in [5.74, 6) is 0.838. The molecule has 0 spiro atoms. The van der Waals surface area contributed by atoms with Gasteiger partial charge in [-0.05, 0) is 12.1 Å². The Morgan fingerprint density at radius 2 is 1.79 bits per heavy atom. The average molecular weight is 331 g/mol. The van der Waals surface area contributed by atoms with Gasteiger partial charge < -0.3 is 18.6 Å². The summed E-state index contributed by atoms with van der Waals surface area (Å²) in [7, 11) is 2.91. The lowest BCUT2D eigenvalue weighted by atomic mass is 10.1. The molecule has 124 valence electrons. The van der Waals surface area contributed by atoms with Gasteiger partial charge in [0.15, 0.2) is 11.7 Å². The SMILES string of the molecule is COc1cc(OC)nc(Oc2cccc(F)c2-c2cnc(C)o2)n1. The van der Waals surface area contributed by atoms with Crippen LogP contribution in [0, 0.1) is 12.7 Å². The minimum absolute atomic E-state index is 0.0470. The zero-order valence-corrected chi connectivity index (χ0v) is 13.2. The van der Waals surface area contributed by atoms with Gasteiger partial charge in [0.1, 0.15) is 11.6 Å². The van der Waals surface area contributed by atoms with E-state index in [1.165, 1.54) is 38.6 Å². The van der Waals surface area contributed by atoms with Crippen LogP contribution in [0.25, 0.3) is 11.3 Å². The van der Waals surface area contributed by atoms with Gasteiger partial charge in [-0.2, -0.15) is 9.97 Å². The van der Waals surface area contributed by atoms with Crippen molar-refractivity contribution in [1.29, 1.82) is 0 Å². The number of rotatable bonds is 5. The first-order chi connectivity index (χ1) is 11.6. The van der Waals surface area contributed by atoms with Crippen LogP contribution < -0.4 is 14.2 Å². The van der Waals surface area contributed by atoms with E-state index in [1.54, 1.807) is 13.0 Å². The van der Waals surface area contributed by atoms with E-state index in [1.807, 2.05) is 0 Å². The third kappa shape index (κ3) is 3.12. The predicted octanol–water partition coefficient (Wildman–Crippen LogP) is 3.39. The largest absolute Gasteiger partial charge is 0.481 e. The van der Waals surface area contributed by atoms with Crippen LogP contribution in [0.15, 0.2) is 34.9 Å². The molecule has 0 saturated carbocycles. The van der Waals surface area contributed by atoms with Gasteiger partial charge in [0.2, 0.25) is 11.8 Å². The van der Waals surface area contributed by atoms with Crippen molar-refractivity contribution in [2.75, 3.05) is 14.2 Å². The number of oxazole rings is 1. The summed E-state index contributed by atoms with van der Waals surface area (Å²) in [5, 5.41) is 0. The number of aromatic nitrogens is 3. The minimum Gasteiger partial charge on any atom is -0.481 e. The van der Waals surface area contributed by atoms with E-state index in [4.69, 9.17) is 18.6 Å². The normalized spacial score (nSPS) is 10.5. The molecule has 7 nitrogen and oxygen atoms in total. The van der Waals surface area contributed by atoms with E-state index in [-0.39, 0.29) is 34.8 Å². The molecule has 0 unspecified atom stereocenters. The van der Waals surface area contributed by atoms with Gasteiger partial charge in [0.25, 0.3) is 0 Å². The van der Waals surface area contributed by atoms with E-state index in [2.05, 4.69) is 15.0 Å². The molecule has 0 saturated heterocycles. The molecule has 1 aromatic carbocycles. The van der Waals surface area contributed by atoms with Gasteiger partial charge >= 0.3 is 6.01 Å². The zero-order chi connectivity index (χ0) is 17.1. The van der Waals surface area contributed by atoms with Crippen molar-refractivity contribution in [2.24, 2.45) is 0 Å². The van der Waals surface area contributed by atoms with Gasteiger partial charge in [-0.25, -0.2) is 9.37 Å². The third-order valence-corrected chi connectivity index (χ3v) is 3.12. The fourth-order valence-corrected chi connectivity index (χ4v) is 2.04. The molecular weight excluding hydrogens is 317 g/mol. The van der Waals surface area contributed by atoms with Gasteiger partial charge in [0.05, 0.1) is 32.0 Å². The van der Waals surface area contributed by atoms with Crippen LogP contribution in [0.2, 0.25) is 0 Å². The summed E-state index contributed by atoms with van der Waals surface area (Å²) >= 11 is 0. The molecule has 0 radical (unpaired) electrons. The van der Waals surface area contributed by atoms with Crippen LogP contribution >= 0.6 is 0 Å². The Balaban J connectivity index is 2.03. The first-order valence-corrected chi connectivity index (χ1v) is 6.97. The second-order valence-corrected chi connectivity index (χ2v) is 4.69. The second kappa shape index (κ2) is 6.53. The summed E-state index contributed by atoms with van der Waals surface area (Å²) in [5.41, 5.74) is 0.128. The third-order valence-electron chi connectivity index (χ3n) is 3.12. The highest BCUT2D eigenvalue weighted by molar-refractivity contribution is 5.66. The summed E-state index contributed by atoms with van der Waals surface area (Å²) < 4.78 is 35.4. The number of methoxy groups -OCH3 is 2. The standard InChI is InChI=1S/C16H14FN3O4/c1-9-18-8-12(23-9)15-10(17)5-4-6-11(15)24-16-19-13(21-2)7-14(20-16)22-3/h4-8H,1-3H3. The molecule has 24 heavy (non-hydrogen) atoms. The number of nitrogens with zero attached hydrogens (tertiary/aromatic N) is 3. The average Bonchev–Trinajstić information content (AvgIpc) is 3.00. The van der Waals surface area contributed by atoms with Gasteiger partial charge in [-0.15, -0.1) is 0 Å². The Morgan fingerprint density at radius 3 is 2.38 bits per heavy atom. The maximum atomic E-state index is 14.3. The van der Waals surface area contributed by atoms with Crippen molar-refractivity contribution in [2.45, 2.75) is 6.92 Å². The Bertz CT molecular complexity index is 844. The number of hydrogen-bond acceptors (Lipinski definition) is 7. The monoisotopic (exact) mass is 331 g/mol. The number of ether oxygens (including phenoxy) is 3. The second-order valence-electron chi connectivity index (χ2n) is 4.69. The molecule has 3 aromatic rings. The first kappa shape index (κ1) is 15.7. The number of hydrogen-bond donors (Lipinski definition) is 0. The van der Waals surface area contributed by atoms with E-state index in [0.717, 1.165) is 0 Å². The highest BCUT2D eigenvalue weighted by Gasteiger charge is 2.18. The maximum absolute atomic E-state index is 14.3. The molecule has 2 heterocycles. The molecule has 0 bridgehead atoms. The smallest absolute Gasteiger partial charge is 0.328 e. The fraction of sp³-hybridized carbons (Fsp3) is 0.188. The molecule has 0 aliphatic heterocycles. The van der Waals surface area contributed by atoms with E-state index < -0.39 is 5.82 Å². The molecular formula is C16H14FN3O4. The van der Waals surface area contributed by atoms with Gasteiger partial charge in [-0.3, -0.25) is 0 Å². The molecule has 0 aliphatic rings. The quantitative estimate of drug-likeness (QED) is 0.709. The molecule has 8 heteroatoms. The fourth-order valence-electron chi connectivity index (χ4n) is 2.04. The molecule has 0 aliphatic carbocycles. The van der Waals surface area contributed by atoms with Crippen LogP contribution in [0.5, 0.6) is 23.5 Å². The van der Waals surface area contributed by atoms with Crippen LogP contribution in [0.1, 0.15) is 5.89 Å². The van der Waals surface area contributed by atoms with E-state index in [9.17, 15) is 4.39 Å². The first-order valence-electron chi connectivity index (χ1n) is 6.97. The molecule has 0 fully saturated rings. The lowest BCUT2D eigenvalue weighted by molar-refractivity contribution is 0.347. The molecule has 0 amide bonds. The minimum atomic E-state index is -0.515. The maximum Gasteiger partial charge on any atom is 0.328 e. The zero-order valence-electron chi connectivity index (χ0n) is 13.2. The molecule has 0 N–H and O–H groups in total. The van der Waals surface area contributed by atoms with Crippen molar-refractivity contribution < 1.29 is 23.0 Å². The Morgan fingerprint density at radius 1 is 1.08 bits per heavy atom. The van der Waals surface area contributed by atoms with Crippen LogP contribution in [-0.4, -0.2) is 29.2 Å². The number of benzene rings is 1. The highest BCUT2D eigenvalue weighted by Crippen LogP contribution is 2.35. The molecule has 2 aromatic heterocycles. The lowest BCUT2D eigenvalue weighted by Gasteiger charge is -2.10. The summed E-state index contributed by atoms with van der Waals surface area (Å²) in [6.45, 7) is 1.67. The Hall–Kier alpha value is -3.16. The van der Waals surface area contributed by atoms with Gasteiger partial charge in [0, 0.05) is 6.92 Å². The lowest BCUT2D eigenvalue weighted by Crippen LogP contribution is -1.99. The van der Waals surface area contributed by atoms with Crippen molar-refractivity contribution >= 4 is 0 Å². The topological polar surface area (TPSA) is 79.5 Å². The molecule has 0 atom stereocenters. The van der Waals surface area contributed by atoms with E-state index in [0.29, 0.717) is 5.89 Å². The summed E-state index contributed by atoms with van der Waals surface area (Å²) in [4.78, 5) is 12.1. The highest BCUT2D eigenvalue weighted by atomic mass is 19.1. The van der Waals surface area contributed by atoms with E-state index >= 15 is 0 Å².